The third-order valence-corrected chi connectivity index (χ3v) is 3.55. The van der Waals surface area contributed by atoms with E-state index >= 15 is 0 Å². The molecule has 0 spiro atoms. The number of amides is 1. The summed E-state index contributed by atoms with van der Waals surface area (Å²) in [6, 6.07) is 1.36. The molecule has 2 N–H and O–H groups in total. The number of halogens is 1. The lowest BCUT2D eigenvalue weighted by Crippen LogP contribution is -2.45. The predicted molar refractivity (Wildman–Crippen MR) is 75.9 cm³/mol. The zero-order valence-electron chi connectivity index (χ0n) is 12.2. The van der Waals surface area contributed by atoms with E-state index in [-0.39, 0.29) is 17.9 Å². The number of ether oxygens (including phenoxy) is 2. The number of hydrogen-bond donors (Lipinski definition) is 2. The summed E-state index contributed by atoms with van der Waals surface area (Å²) in [6.45, 7) is 3.65. The van der Waals surface area contributed by atoms with Gasteiger partial charge in [-0.25, -0.2) is 9.37 Å². The fourth-order valence-electron chi connectivity index (χ4n) is 2.21. The molecule has 1 amide bonds. The van der Waals surface area contributed by atoms with Gasteiger partial charge < -0.3 is 20.1 Å². The Hall–Kier alpha value is -1.73. The van der Waals surface area contributed by atoms with Crippen LogP contribution >= 0.6 is 0 Å². The molecule has 2 rings (SSSR count). The minimum absolute atomic E-state index is 0.0360. The van der Waals surface area contributed by atoms with Gasteiger partial charge in [-0.1, -0.05) is 0 Å². The summed E-state index contributed by atoms with van der Waals surface area (Å²) in [6.07, 6.45) is 2.10. The largest absolute Gasteiger partial charge is 0.378 e. The Labute approximate surface area is 123 Å². The average molecular weight is 297 g/mol. The first-order valence-corrected chi connectivity index (χ1v) is 6.91. The Balaban J connectivity index is 2.05. The van der Waals surface area contributed by atoms with Crippen molar-refractivity contribution in [3.05, 3.63) is 23.6 Å². The fourth-order valence-corrected chi connectivity index (χ4v) is 2.21. The van der Waals surface area contributed by atoms with Crippen molar-refractivity contribution in [3.63, 3.8) is 0 Å². The first kappa shape index (κ1) is 15.7. The van der Waals surface area contributed by atoms with E-state index in [9.17, 15) is 9.18 Å². The van der Waals surface area contributed by atoms with E-state index < -0.39 is 17.3 Å². The molecule has 0 radical (unpaired) electrons. The highest BCUT2D eigenvalue weighted by Crippen LogP contribution is 2.22. The van der Waals surface area contributed by atoms with Gasteiger partial charge in [-0.05, 0) is 13.0 Å². The minimum Gasteiger partial charge on any atom is -0.378 e. The maximum atomic E-state index is 14.1. The van der Waals surface area contributed by atoms with Gasteiger partial charge in [-0.15, -0.1) is 0 Å². The van der Waals surface area contributed by atoms with Crippen LogP contribution in [0.3, 0.4) is 0 Å². The second-order valence-electron chi connectivity index (χ2n) is 4.92. The van der Waals surface area contributed by atoms with Gasteiger partial charge >= 0.3 is 0 Å². The van der Waals surface area contributed by atoms with Gasteiger partial charge in [0.1, 0.15) is 5.60 Å². The van der Waals surface area contributed by atoms with Crippen molar-refractivity contribution >= 4 is 11.7 Å². The second kappa shape index (κ2) is 6.82. The van der Waals surface area contributed by atoms with Crippen LogP contribution in [-0.4, -0.2) is 49.9 Å². The second-order valence-corrected chi connectivity index (χ2v) is 4.92. The number of methoxy groups -OCH3 is 1. The summed E-state index contributed by atoms with van der Waals surface area (Å²) in [5, 5.41) is 5.48. The van der Waals surface area contributed by atoms with Crippen LogP contribution in [0.25, 0.3) is 0 Å². The molecule has 1 saturated heterocycles. The molecule has 21 heavy (non-hydrogen) atoms. The summed E-state index contributed by atoms with van der Waals surface area (Å²) >= 11 is 0. The highest BCUT2D eigenvalue weighted by Gasteiger charge is 2.35. The molecule has 1 aliphatic rings. The lowest BCUT2D eigenvalue weighted by Gasteiger charge is -2.25. The van der Waals surface area contributed by atoms with Crippen LogP contribution in [0.5, 0.6) is 0 Å². The van der Waals surface area contributed by atoms with Crippen LogP contribution in [0.2, 0.25) is 0 Å². The van der Waals surface area contributed by atoms with Gasteiger partial charge in [0.2, 0.25) is 0 Å². The number of anilines is 1. The summed E-state index contributed by atoms with van der Waals surface area (Å²) in [5.41, 5.74) is -0.560. The van der Waals surface area contributed by atoms with E-state index in [1.165, 1.54) is 12.3 Å². The lowest BCUT2D eigenvalue weighted by molar-refractivity contribution is -0.0149. The van der Waals surface area contributed by atoms with Gasteiger partial charge in [0.25, 0.3) is 5.91 Å². The molecule has 7 heteroatoms. The highest BCUT2D eigenvalue weighted by atomic mass is 19.1. The monoisotopic (exact) mass is 297 g/mol. The quantitative estimate of drug-likeness (QED) is 0.825. The number of aromatic nitrogens is 1. The van der Waals surface area contributed by atoms with Gasteiger partial charge in [-0.3, -0.25) is 4.79 Å². The summed E-state index contributed by atoms with van der Waals surface area (Å²) in [4.78, 5) is 16.0. The molecule has 1 unspecified atom stereocenters. The maximum Gasteiger partial charge on any atom is 0.254 e. The highest BCUT2D eigenvalue weighted by molar-refractivity contribution is 5.95. The van der Waals surface area contributed by atoms with Crippen molar-refractivity contribution in [1.29, 1.82) is 0 Å². The Kier molecular flexibility index (Phi) is 5.08. The zero-order valence-corrected chi connectivity index (χ0v) is 12.2. The van der Waals surface area contributed by atoms with E-state index in [2.05, 4.69) is 15.6 Å². The van der Waals surface area contributed by atoms with Crippen LogP contribution in [0, 0.1) is 5.82 Å². The molecular weight excluding hydrogens is 277 g/mol. The van der Waals surface area contributed by atoms with Crippen molar-refractivity contribution in [1.82, 2.24) is 10.3 Å². The van der Waals surface area contributed by atoms with Crippen molar-refractivity contribution < 1.29 is 18.7 Å². The van der Waals surface area contributed by atoms with Gasteiger partial charge in [0, 0.05) is 39.4 Å². The van der Waals surface area contributed by atoms with Gasteiger partial charge in [0.15, 0.2) is 11.6 Å². The molecule has 1 aromatic rings. The standard InChI is InChI=1S/C14H20FN3O3/c1-3-16-12-11(15)10(4-6-17-12)13(19)18-8-14(20-2)5-7-21-9-14/h4,6H,3,5,7-9H2,1-2H3,(H,16,17)(H,18,19). The first-order chi connectivity index (χ1) is 10.1. The van der Waals surface area contributed by atoms with Crippen LogP contribution in [0.4, 0.5) is 10.2 Å². The third kappa shape index (κ3) is 3.48. The smallest absolute Gasteiger partial charge is 0.254 e. The number of pyridine rings is 1. The van der Waals surface area contributed by atoms with E-state index in [0.717, 1.165) is 0 Å². The van der Waals surface area contributed by atoms with Crippen LogP contribution < -0.4 is 10.6 Å². The molecule has 116 valence electrons. The SMILES string of the molecule is CCNc1nccc(C(=O)NCC2(OC)CCOC2)c1F. The molecule has 1 atom stereocenters. The maximum absolute atomic E-state index is 14.1. The fraction of sp³-hybridized carbons (Fsp3) is 0.571. The topological polar surface area (TPSA) is 72.5 Å². The van der Waals surface area contributed by atoms with E-state index in [0.29, 0.717) is 26.2 Å². The summed E-state index contributed by atoms with van der Waals surface area (Å²) in [7, 11) is 1.58. The van der Waals surface area contributed by atoms with Crippen LogP contribution in [0.1, 0.15) is 23.7 Å². The molecule has 0 bridgehead atoms. The first-order valence-electron chi connectivity index (χ1n) is 6.91. The molecule has 2 heterocycles. The Bertz CT molecular complexity index is 504. The molecule has 1 aliphatic heterocycles. The summed E-state index contributed by atoms with van der Waals surface area (Å²) < 4.78 is 24.9. The molecule has 1 aromatic heterocycles. The number of rotatable bonds is 6. The minimum atomic E-state index is -0.647. The normalized spacial score (nSPS) is 21.3. The van der Waals surface area contributed by atoms with Gasteiger partial charge in [0.05, 0.1) is 12.2 Å². The number of carbonyl (C=O) groups is 1. The Morgan fingerprint density at radius 2 is 2.43 bits per heavy atom. The van der Waals surface area contributed by atoms with Crippen molar-refractivity contribution in [3.8, 4) is 0 Å². The predicted octanol–water partition coefficient (Wildman–Crippen LogP) is 1.19. The van der Waals surface area contributed by atoms with Crippen molar-refractivity contribution in [2.24, 2.45) is 0 Å². The van der Waals surface area contributed by atoms with Crippen LogP contribution in [0.15, 0.2) is 12.3 Å². The number of carbonyl (C=O) groups excluding carboxylic acids is 1. The molecule has 0 aromatic carbocycles. The number of nitrogens with zero attached hydrogens (tertiary/aromatic N) is 1. The Morgan fingerprint density at radius 3 is 3.05 bits per heavy atom. The number of hydrogen-bond acceptors (Lipinski definition) is 5. The number of nitrogens with one attached hydrogen (secondary N) is 2. The van der Waals surface area contributed by atoms with E-state index in [4.69, 9.17) is 9.47 Å². The lowest BCUT2D eigenvalue weighted by atomic mass is 10.0. The third-order valence-electron chi connectivity index (χ3n) is 3.55. The van der Waals surface area contributed by atoms with Gasteiger partial charge in [-0.2, -0.15) is 0 Å². The van der Waals surface area contributed by atoms with Crippen LogP contribution in [-0.2, 0) is 9.47 Å². The van der Waals surface area contributed by atoms with E-state index in [1.54, 1.807) is 7.11 Å². The molecule has 6 nitrogen and oxygen atoms in total. The van der Waals surface area contributed by atoms with E-state index in [1.807, 2.05) is 6.92 Å². The molecule has 1 fully saturated rings. The average Bonchev–Trinajstić information content (AvgIpc) is 2.97. The molecule has 0 saturated carbocycles. The van der Waals surface area contributed by atoms with Crippen molar-refractivity contribution in [2.75, 3.05) is 38.7 Å². The Morgan fingerprint density at radius 1 is 1.62 bits per heavy atom. The van der Waals surface area contributed by atoms with Crippen molar-refractivity contribution in [2.45, 2.75) is 18.9 Å². The summed E-state index contributed by atoms with van der Waals surface area (Å²) in [5.74, 6) is -1.06. The molecular formula is C14H20FN3O3. The zero-order chi connectivity index (χ0) is 15.3. The molecule has 0 aliphatic carbocycles.